The number of carbonyl (C=O) groups excluding carboxylic acids is 1. The molecule has 0 N–H and O–H groups in total. The van der Waals surface area contributed by atoms with Gasteiger partial charge in [0.15, 0.2) is 0 Å². The number of carbonyl (C=O) groups is 1. The summed E-state index contributed by atoms with van der Waals surface area (Å²) in [6.45, 7) is 5.54. The van der Waals surface area contributed by atoms with Crippen LogP contribution in [0.1, 0.15) is 31.5 Å². The number of hydrogen-bond donors (Lipinski definition) is 0. The number of fused-ring (bicyclic) bond motifs is 1. The number of aryl methyl sites for hydroxylation is 2. The third kappa shape index (κ3) is 3.31. The van der Waals surface area contributed by atoms with E-state index in [1.165, 1.54) is 22.5 Å². The van der Waals surface area contributed by atoms with Crippen LogP contribution >= 0.6 is 11.3 Å². The molecule has 23 heavy (non-hydrogen) atoms. The number of rotatable bonds is 3. The van der Waals surface area contributed by atoms with E-state index in [2.05, 4.69) is 41.2 Å². The van der Waals surface area contributed by atoms with Crippen LogP contribution in [0.3, 0.4) is 0 Å². The van der Waals surface area contributed by atoms with Gasteiger partial charge in [0.1, 0.15) is 4.88 Å². The maximum atomic E-state index is 12.7. The van der Waals surface area contributed by atoms with Gasteiger partial charge in [0, 0.05) is 26.2 Å². The minimum atomic E-state index is 0.0837. The fourth-order valence-corrected chi connectivity index (χ4v) is 4.14. The number of hydrogen-bond acceptors (Lipinski definition) is 4. The maximum absolute atomic E-state index is 12.7. The van der Waals surface area contributed by atoms with E-state index in [-0.39, 0.29) is 5.91 Å². The average Bonchev–Trinajstić information content (AvgIpc) is 2.85. The minimum absolute atomic E-state index is 0.0837. The second-order valence-electron chi connectivity index (χ2n) is 6.37. The summed E-state index contributed by atoms with van der Waals surface area (Å²) in [6, 6.07) is 8.94. The molecule has 1 aliphatic rings. The molecule has 1 aliphatic heterocycles. The highest BCUT2D eigenvalue weighted by atomic mass is 32.1. The van der Waals surface area contributed by atoms with Gasteiger partial charge in [0.2, 0.25) is 0 Å². The number of thiazole rings is 1. The molecule has 2 heterocycles. The average molecular weight is 329 g/mol. The van der Waals surface area contributed by atoms with Crippen molar-refractivity contribution < 1.29 is 4.79 Å². The largest absolute Gasteiger partial charge is 0.339 e. The Balaban J connectivity index is 1.72. The van der Waals surface area contributed by atoms with Crippen molar-refractivity contribution in [1.29, 1.82) is 0 Å². The Bertz CT molecular complexity index is 725. The predicted octanol–water partition coefficient (Wildman–Crippen LogP) is 2.89. The zero-order valence-electron chi connectivity index (χ0n) is 14.2. The Labute approximate surface area is 141 Å². The van der Waals surface area contributed by atoms with Crippen LogP contribution in [0.4, 0.5) is 0 Å². The van der Waals surface area contributed by atoms with Gasteiger partial charge in [-0.2, -0.15) is 0 Å². The van der Waals surface area contributed by atoms with Crippen molar-refractivity contribution in [2.24, 2.45) is 0 Å². The standard InChI is InChI=1S/C18H23N3OS/c1-12-17(23-13(2)19-12)18(22)21(4)11-16-9-14-7-5-6-8-15(14)10-20(16)3/h5-8,16H,9-11H2,1-4H3. The van der Waals surface area contributed by atoms with Crippen molar-refractivity contribution in [3.63, 3.8) is 0 Å². The minimum Gasteiger partial charge on any atom is -0.339 e. The van der Waals surface area contributed by atoms with Crippen molar-refractivity contribution in [3.8, 4) is 0 Å². The zero-order chi connectivity index (χ0) is 16.6. The summed E-state index contributed by atoms with van der Waals surface area (Å²) in [6.07, 6.45) is 0.991. The van der Waals surface area contributed by atoms with E-state index in [0.29, 0.717) is 6.04 Å². The lowest BCUT2D eigenvalue weighted by Gasteiger charge is -2.36. The molecule has 5 heteroatoms. The van der Waals surface area contributed by atoms with E-state index in [9.17, 15) is 4.79 Å². The molecule has 1 amide bonds. The molecule has 0 fully saturated rings. The molecule has 0 bridgehead atoms. The van der Waals surface area contributed by atoms with E-state index in [1.54, 1.807) is 0 Å². The van der Waals surface area contributed by atoms with E-state index in [1.807, 2.05) is 25.8 Å². The van der Waals surface area contributed by atoms with Gasteiger partial charge in [-0.05, 0) is 38.4 Å². The monoisotopic (exact) mass is 329 g/mol. The molecule has 2 aromatic rings. The maximum Gasteiger partial charge on any atom is 0.265 e. The Morgan fingerprint density at radius 3 is 2.70 bits per heavy atom. The Morgan fingerprint density at radius 2 is 2.04 bits per heavy atom. The van der Waals surface area contributed by atoms with Gasteiger partial charge in [-0.3, -0.25) is 9.69 Å². The molecule has 0 aliphatic carbocycles. The van der Waals surface area contributed by atoms with Crippen molar-refractivity contribution in [1.82, 2.24) is 14.8 Å². The normalized spacial score (nSPS) is 17.8. The molecule has 0 spiro atoms. The topological polar surface area (TPSA) is 36.4 Å². The van der Waals surface area contributed by atoms with Gasteiger partial charge in [-0.1, -0.05) is 24.3 Å². The fourth-order valence-electron chi connectivity index (χ4n) is 3.22. The van der Waals surface area contributed by atoms with Gasteiger partial charge in [-0.15, -0.1) is 11.3 Å². The molecule has 0 radical (unpaired) electrons. The van der Waals surface area contributed by atoms with Crippen molar-refractivity contribution in [2.75, 3.05) is 20.6 Å². The Morgan fingerprint density at radius 1 is 1.35 bits per heavy atom. The molecule has 1 aromatic heterocycles. The van der Waals surface area contributed by atoms with Crippen LogP contribution < -0.4 is 0 Å². The van der Waals surface area contributed by atoms with Crippen LogP contribution in [0, 0.1) is 13.8 Å². The molecule has 0 saturated heterocycles. The third-order valence-corrected chi connectivity index (χ3v) is 5.61. The molecule has 3 rings (SSSR count). The van der Waals surface area contributed by atoms with Gasteiger partial charge in [-0.25, -0.2) is 4.98 Å². The lowest BCUT2D eigenvalue weighted by Crippen LogP contribution is -2.46. The summed E-state index contributed by atoms with van der Waals surface area (Å²) in [4.78, 5) is 22.0. The van der Waals surface area contributed by atoms with Crippen LogP contribution in [-0.4, -0.2) is 47.4 Å². The van der Waals surface area contributed by atoms with Crippen LogP contribution in [0.2, 0.25) is 0 Å². The lowest BCUT2D eigenvalue weighted by atomic mass is 9.94. The van der Waals surface area contributed by atoms with Crippen LogP contribution in [0.15, 0.2) is 24.3 Å². The lowest BCUT2D eigenvalue weighted by molar-refractivity contribution is 0.0737. The molecule has 1 aromatic carbocycles. The van der Waals surface area contributed by atoms with Gasteiger partial charge in [0.25, 0.3) is 5.91 Å². The molecule has 122 valence electrons. The fraction of sp³-hybridized carbons (Fsp3) is 0.444. The molecule has 1 unspecified atom stereocenters. The van der Waals surface area contributed by atoms with E-state index in [0.717, 1.165) is 35.1 Å². The number of benzene rings is 1. The highest BCUT2D eigenvalue weighted by molar-refractivity contribution is 7.13. The van der Waals surface area contributed by atoms with Crippen molar-refractivity contribution in [3.05, 3.63) is 51.0 Å². The number of likely N-dealkylation sites (N-methyl/N-ethyl adjacent to an activating group) is 2. The summed E-state index contributed by atoms with van der Waals surface area (Å²) < 4.78 is 0. The summed E-state index contributed by atoms with van der Waals surface area (Å²) in [5.74, 6) is 0.0837. The van der Waals surface area contributed by atoms with Crippen LogP contribution in [0.5, 0.6) is 0 Å². The summed E-state index contributed by atoms with van der Waals surface area (Å²) in [7, 11) is 4.03. The van der Waals surface area contributed by atoms with E-state index in [4.69, 9.17) is 0 Å². The number of amides is 1. The van der Waals surface area contributed by atoms with Gasteiger partial charge in [0.05, 0.1) is 10.7 Å². The van der Waals surface area contributed by atoms with Gasteiger partial charge < -0.3 is 4.90 Å². The smallest absolute Gasteiger partial charge is 0.265 e. The summed E-state index contributed by atoms with van der Waals surface area (Å²) >= 11 is 1.49. The summed E-state index contributed by atoms with van der Waals surface area (Å²) in [5, 5.41) is 0.947. The highest BCUT2D eigenvalue weighted by Gasteiger charge is 2.26. The van der Waals surface area contributed by atoms with Gasteiger partial charge >= 0.3 is 0 Å². The molecule has 0 saturated carbocycles. The second kappa shape index (κ2) is 6.42. The predicted molar refractivity (Wildman–Crippen MR) is 93.9 cm³/mol. The number of aromatic nitrogens is 1. The third-order valence-electron chi connectivity index (χ3n) is 4.55. The van der Waals surface area contributed by atoms with Crippen molar-refractivity contribution in [2.45, 2.75) is 32.9 Å². The van der Waals surface area contributed by atoms with Crippen molar-refractivity contribution >= 4 is 17.2 Å². The van der Waals surface area contributed by atoms with E-state index >= 15 is 0 Å². The first kappa shape index (κ1) is 16.1. The molecular formula is C18H23N3OS. The quantitative estimate of drug-likeness (QED) is 0.869. The first-order valence-electron chi connectivity index (χ1n) is 7.92. The summed E-state index contributed by atoms with van der Waals surface area (Å²) in [5.41, 5.74) is 3.64. The first-order valence-corrected chi connectivity index (χ1v) is 8.74. The molecule has 1 atom stereocenters. The van der Waals surface area contributed by atoms with E-state index < -0.39 is 0 Å². The highest BCUT2D eigenvalue weighted by Crippen LogP contribution is 2.24. The Hall–Kier alpha value is -1.72. The molecule has 4 nitrogen and oxygen atoms in total. The molecular weight excluding hydrogens is 306 g/mol. The van der Waals surface area contributed by atoms with Crippen LogP contribution in [-0.2, 0) is 13.0 Å². The second-order valence-corrected chi connectivity index (χ2v) is 7.58. The number of nitrogens with zero attached hydrogens (tertiary/aromatic N) is 3. The van der Waals surface area contributed by atoms with Crippen LogP contribution in [0.25, 0.3) is 0 Å². The Kier molecular flexibility index (Phi) is 4.50. The zero-order valence-corrected chi connectivity index (χ0v) is 15.0. The SMILES string of the molecule is Cc1nc(C)c(C(=O)N(C)CC2Cc3ccccc3CN2C)s1. The first-order chi connectivity index (χ1) is 11.0.